The van der Waals surface area contributed by atoms with E-state index in [1.54, 1.807) is 7.05 Å². The fourth-order valence-corrected chi connectivity index (χ4v) is 0.652. The topological polar surface area (TPSA) is 12.0 Å². The Morgan fingerprint density at radius 3 is 2.30 bits per heavy atom. The third-order valence-corrected chi connectivity index (χ3v) is 1.66. The van der Waals surface area contributed by atoms with Gasteiger partial charge in [-0.05, 0) is 13.0 Å². The summed E-state index contributed by atoms with van der Waals surface area (Å²) in [5.41, 5.74) is 0. The first-order valence-corrected chi connectivity index (χ1v) is 3.51. The van der Waals surface area contributed by atoms with E-state index in [-0.39, 0.29) is 18.3 Å². The Morgan fingerprint density at radius 2 is 2.00 bits per heavy atom. The van der Waals surface area contributed by atoms with Crippen molar-refractivity contribution in [1.29, 1.82) is 0 Å². The Bertz CT molecular complexity index is 70.6. The lowest BCUT2D eigenvalue weighted by Gasteiger charge is -2.13. The lowest BCUT2D eigenvalue weighted by atomic mass is 10.0. The molecule has 0 aromatic heterocycles. The zero-order chi connectivity index (χ0) is 7.28. The minimum atomic E-state index is -0.681. The van der Waals surface area contributed by atoms with Gasteiger partial charge in [-0.15, -0.1) is 12.4 Å². The number of nitrogens with one attached hydrogen (secondary N) is 1. The molecular weight excluding hydrogens is 153 g/mol. The monoisotopic (exact) mass is 169 g/mol. The molecule has 0 rings (SSSR count). The average molecular weight is 170 g/mol. The molecule has 3 heteroatoms. The van der Waals surface area contributed by atoms with Gasteiger partial charge < -0.3 is 5.32 Å². The number of alkyl halides is 1. The lowest BCUT2D eigenvalue weighted by Crippen LogP contribution is -2.25. The second-order valence-corrected chi connectivity index (χ2v) is 2.46. The average Bonchev–Trinajstić information content (AvgIpc) is 1.87. The van der Waals surface area contributed by atoms with Crippen LogP contribution in [0.5, 0.6) is 0 Å². The summed E-state index contributed by atoms with van der Waals surface area (Å²) in [6.07, 6.45) is 0.239. The first kappa shape index (κ1) is 12.8. The van der Waals surface area contributed by atoms with E-state index in [2.05, 4.69) is 5.32 Å². The van der Waals surface area contributed by atoms with Gasteiger partial charge in [0.15, 0.2) is 0 Å². The van der Waals surface area contributed by atoms with Gasteiger partial charge >= 0.3 is 0 Å². The van der Waals surface area contributed by atoms with Gasteiger partial charge in [-0.3, -0.25) is 0 Å². The molecule has 0 aliphatic rings. The summed E-state index contributed by atoms with van der Waals surface area (Å²) in [4.78, 5) is 0. The van der Waals surface area contributed by atoms with Crippen molar-refractivity contribution in [2.24, 2.45) is 5.92 Å². The predicted molar refractivity (Wildman–Crippen MR) is 45.5 cm³/mol. The van der Waals surface area contributed by atoms with Crippen molar-refractivity contribution >= 4 is 12.4 Å². The van der Waals surface area contributed by atoms with E-state index >= 15 is 0 Å². The maximum Gasteiger partial charge on any atom is 0.115 e. The number of halogens is 2. The molecule has 0 spiro atoms. The molecule has 1 N–H and O–H groups in total. The molecule has 0 saturated heterocycles. The van der Waals surface area contributed by atoms with E-state index in [1.807, 2.05) is 13.8 Å². The van der Waals surface area contributed by atoms with Crippen molar-refractivity contribution in [1.82, 2.24) is 5.32 Å². The SMILES string of the molecule is CCC(C)C(F)CNC.Cl. The molecule has 2 atom stereocenters. The second kappa shape index (κ2) is 7.29. The summed E-state index contributed by atoms with van der Waals surface area (Å²) in [5.74, 6) is 0.192. The van der Waals surface area contributed by atoms with E-state index in [4.69, 9.17) is 0 Å². The highest BCUT2D eigenvalue weighted by molar-refractivity contribution is 5.85. The van der Waals surface area contributed by atoms with Gasteiger partial charge in [-0.25, -0.2) is 4.39 Å². The zero-order valence-electron chi connectivity index (χ0n) is 6.86. The molecular formula is C7H17ClFN. The normalized spacial score (nSPS) is 15.6. The molecule has 0 amide bonds. The van der Waals surface area contributed by atoms with Crippen molar-refractivity contribution in [2.75, 3.05) is 13.6 Å². The maximum atomic E-state index is 12.7. The second-order valence-electron chi connectivity index (χ2n) is 2.46. The third-order valence-electron chi connectivity index (χ3n) is 1.66. The van der Waals surface area contributed by atoms with Crippen LogP contribution in [0.2, 0.25) is 0 Å². The summed E-state index contributed by atoms with van der Waals surface area (Å²) in [6.45, 7) is 4.42. The molecule has 0 aliphatic carbocycles. The third kappa shape index (κ3) is 5.00. The van der Waals surface area contributed by atoms with Crippen LogP contribution in [0, 0.1) is 5.92 Å². The Labute approximate surface area is 68.8 Å². The van der Waals surface area contributed by atoms with Gasteiger partial charge in [0, 0.05) is 6.54 Å². The predicted octanol–water partition coefficient (Wildman–Crippen LogP) is 2.01. The summed E-state index contributed by atoms with van der Waals surface area (Å²) < 4.78 is 12.7. The minimum Gasteiger partial charge on any atom is -0.317 e. The van der Waals surface area contributed by atoms with E-state index in [0.717, 1.165) is 6.42 Å². The van der Waals surface area contributed by atoms with Crippen molar-refractivity contribution in [2.45, 2.75) is 26.4 Å². The molecule has 10 heavy (non-hydrogen) atoms. The van der Waals surface area contributed by atoms with Gasteiger partial charge in [0.25, 0.3) is 0 Å². The van der Waals surface area contributed by atoms with Crippen LogP contribution in [0.25, 0.3) is 0 Å². The Hall–Kier alpha value is 0.180. The first-order valence-electron chi connectivity index (χ1n) is 3.51. The van der Waals surface area contributed by atoms with E-state index in [9.17, 15) is 4.39 Å². The molecule has 1 nitrogen and oxygen atoms in total. The van der Waals surface area contributed by atoms with Crippen molar-refractivity contribution < 1.29 is 4.39 Å². The Morgan fingerprint density at radius 1 is 1.50 bits per heavy atom. The van der Waals surface area contributed by atoms with Crippen LogP contribution in [-0.4, -0.2) is 19.8 Å². The summed E-state index contributed by atoms with van der Waals surface area (Å²) >= 11 is 0. The van der Waals surface area contributed by atoms with E-state index in [0.29, 0.717) is 6.54 Å². The van der Waals surface area contributed by atoms with E-state index in [1.165, 1.54) is 0 Å². The maximum absolute atomic E-state index is 12.7. The molecule has 0 saturated carbocycles. The Kier molecular flexibility index (Phi) is 9.35. The molecule has 0 aliphatic heterocycles. The minimum absolute atomic E-state index is 0. The first-order chi connectivity index (χ1) is 4.22. The van der Waals surface area contributed by atoms with Crippen LogP contribution >= 0.6 is 12.4 Å². The fraction of sp³-hybridized carbons (Fsp3) is 1.00. The molecule has 0 bridgehead atoms. The molecule has 0 fully saturated rings. The van der Waals surface area contributed by atoms with Gasteiger partial charge in [-0.2, -0.15) is 0 Å². The molecule has 0 aromatic rings. The highest BCUT2D eigenvalue weighted by atomic mass is 35.5. The number of hydrogen-bond acceptors (Lipinski definition) is 1. The van der Waals surface area contributed by atoms with Crippen LogP contribution in [0.1, 0.15) is 20.3 Å². The molecule has 64 valence electrons. The molecule has 0 heterocycles. The van der Waals surface area contributed by atoms with Gasteiger partial charge in [0.2, 0.25) is 0 Å². The summed E-state index contributed by atoms with van der Waals surface area (Å²) in [5, 5.41) is 2.81. The van der Waals surface area contributed by atoms with Gasteiger partial charge in [0.05, 0.1) is 0 Å². The molecule has 2 unspecified atom stereocenters. The summed E-state index contributed by atoms with van der Waals surface area (Å²) in [6, 6.07) is 0. The van der Waals surface area contributed by atoms with Crippen LogP contribution < -0.4 is 5.32 Å². The fourth-order valence-electron chi connectivity index (χ4n) is 0.652. The largest absolute Gasteiger partial charge is 0.317 e. The molecule has 0 radical (unpaired) electrons. The number of hydrogen-bond donors (Lipinski definition) is 1. The van der Waals surface area contributed by atoms with Gasteiger partial charge in [0.1, 0.15) is 6.17 Å². The van der Waals surface area contributed by atoms with Crippen molar-refractivity contribution in [3.05, 3.63) is 0 Å². The highest BCUT2D eigenvalue weighted by Crippen LogP contribution is 2.09. The van der Waals surface area contributed by atoms with Crippen LogP contribution in [0.15, 0.2) is 0 Å². The lowest BCUT2D eigenvalue weighted by molar-refractivity contribution is 0.233. The van der Waals surface area contributed by atoms with Crippen molar-refractivity contribution in [3.63, 3.8) is 0 Å². The van der Waals surface area contributed by atoms with Crippen LogP contribution in [-0.2, 0) is 0 Å². The van der Waals surface area contributed by atoms with E-state index < -0.39 is 6.17 Å². The van der Waals surface area contributed by atoms with Crippen molar-refractivity contribution in [3.8, 4) is 0 Å². The van der Waals surface area contributed by atoms with Crippen LogP contribution in [0.3, 0.4) is 0 Å². The quantitative estimate of drug-likeness (QED) is 0.679. The summed E-state index contributed by atoms with van der Waals surface area (Å²) in [7, 11) is 1.77. The van der Waals surface area contributed by atoms with Crippen LogP contribution in [0.4, 0.5) is 4.39 Å². The smallest absolute Gasteiger partial charge is 0.115 e. The highest BCUT2D eigenvalue weighted by Gasteiger charge is 2.11. The zero-order valence-corrected chi connectivity index (χ0v) is 7.67. The van der Waals surface area contributed by atoms with Gasteiger partial charge in [-0.1, -0.05) is 20.3 Å². The number of rotatable bonds is 4. The Balaban J connectivity index is 0. The standard InChI is InChI=1S/C7H16FN.ClH/c1-4-6(2)7(8)5-9-3;/h6-7,9H,4-5H2,1-3H3;1H. The molecule has 0 aromatic carbocycles.